The molecule has 27 heavy (non-hydrogen) atoms. The Morgan fingerprint density at radius 3 is 2.41 bits per heavy atom. The third-order valence-corrected chi connectivity index (χ3v) is 6.68. The number of anilines is 1. The Morgan fingerprint density at radius 1 is 1.00 bits per heavy atom. The van der Waals surface area contributed by atoms with Gasteiger partial charge in [-0.05, 0) is 37.1 Å². The monoisotopic (exact) mass is 383 g/mol. The van der Waals surface area contributed by atoms with Gasteiger partial charge in [-0.2, -0.15) is 0 Å². The molecule has 2 fully saturated rings. The van der Waals surface area contributed by atoms with Crippen molar-refractivity contribution in [1.82, 2.24) is 20.1 Å². The first-order valence-corrected chi connectivity index (χ1v) is 10.7. The van der Waals surface area contributed by atoms with Gasteiger partial charge in [0.25, 0.3) is 0 Å². The molecule has 0 atom stereocenters. The summed E-state index contributed by atoms with van der Waals surface area (Å²) in [5.41, 5.74) is 1.86. The van der Waals surface area contributed by atoms with E-state index >= 15 is 0 Å². The molecule has 6 nitrogen and oxygen atoms in total. The summed E-state index contributed by atoms with van der Waals surface area (Å²) in [5, 5.41) is 9.43. The second-order valence-corrected chi connectivity index (χ2v) is 8.39. The lowest BCUT2D eigenvalue weighted by molar-refractivity contribution is -0.128. The predicted octanol–water partition coefficient (Wildman–Crippen LogP) is 2.86. The Hall–Kier alpha value is -2.15. The van der Waals surface area contributed by atoms with E-state index < -0.39 is 0 Å². The van der Waals surface area contributed by atoms with Crippen molar-refractivity contribution in [2.24, 2.45) is 0 Å². The van der Waals surface area contributed by atoms with Crippen LogP contribution in [0.3, 0.4) is 0 Å². The summed E-state index contributed by atoms with van der Waals surface area (Å²) in [6.07, 6.45) is 8.72. The molecule has 1 saturated carbocycles. The smallest absolute Gasteiger partial charge is 0.232 e. The molecule has 142 valence electrons. The number of amides is 1. The minimum Gasteiger partial charge on any atom is -0.352 e. The van der Waals surface area contributed by atoms with Crippen LogP contribution >= 0.6 is 11.8 Å². The third-order valence-electron chi connectivity index (χ3n) is 5.33. The first-order valence-electron chi connectivity index (χ1n) is 9.68. The minimum absolute atomic E-state index is 0.283. The molecule has 0 spiro atoms. The fraction of sp³-hybridized carbons (Fsp3) is 0.500. The molecule has 1 saturated heterocycles. The van der Waals surface area contributed by atoms with Gasteiger partial charge in [0.2, 0.25) is 5.91 Å². The molecule has 0 unspecified atom stereocenters. The fourth-order valence-electron chi connectivity index (χ4n) is 3.69. The Morgan fingerprint density at radius 2 is 1.74 bits per heavy atom. The van der Waals surface area contributed by atoms with Crippen LogP contribution < -0.4 is 4.90 Å². The van der Waals surface area contributed by atoms with Crippen LogP contribution in [0.4, 0.5) is 5.82 Å². The number of carbonyl (C=O) groups is 1. The average Bonchev–Trinajstić information content (AvgIpc) is 3.27. The summed E-state index contributed by atoms with van der Waals surface area (Å²) < 4.78 is 0. The van der Waals surface area contributed by atoms with Gasteiger partial charge >= 0.3 is 0 Å². The number of aromatic nitrogens is 3. The highest BCUT2D eigenvalue weighted by atomic mass is 32.2. The van der Waals surface area contributed by atoms with Crippen molar-refractivity contribution in [1.29, 1.82) is 0 Å². The molecule has 3 heterocycles. The zero-order chi connectivity index (χ0) is 18.5. The Kier molecular flexibility index (Phi) is 5.87. The maximum absolute atomic E-state index is 12.5. The molecular weight excluding hydrogens is 358 g/mol. The number of hydrogen-bond acceptors (Lipinski definition) is 6. The lowest BCUT2D eigenvalue weighted by atomic mass is 10.2. The topological polar surface area (TPSA) is 62.2 Å². The van der Waals surface area contributed by atoms with Crippen LogP contribution in [-0.4, -0.2) is 63.2 Å². The molecule has 4 rings (SSSR count). The number of carbonyl (C=O) groups excluding carboxylic acids is 1. The number of nitrogens with zero attached hydrogens (tertiary/aromatic N) is 5. The summed E-state index contributed by atoms with van der Waals surface area (Å²) in [4.78, 5) is 20.7. The van der Waals surface area contributed by atoms with E-state index in [1.807, 2.05) is 40.9 Å². The van der Waals surface area contributed by atoms with Gasteiger partial charge in [-0.25, -0.2) is 0 Å². The van der Waals surface area contributed by atoms with Gasteiger partial charge in [-0.1, -0.05) is 12.8 Å². The maximum Gasteiger partial charge on any atom is 0.232 e. The number of pyridine rings is 1. The standard InChI is InChI=1S/C20H25N5OS/c26-20(15-27-17-3-1-2-4-17)25-13-11-24(12-14-25)19-6-5-18(22-23-19)16-7-9-21-10-8-16/h5-10,17H,1-4,11-15H2. The predicted molar refractivity (Wildman–Crippen MR) is 109 cm³/mol. The van der Waals surface area contributed by atoms with E-state index in [0.717, 1.165) is 43.3 Å². The number of hydrogen-bond donors (Lipinski definition) is 0. The van der Waals surface area contributed by atoms with Crippen LogP contribution in [0.2, 0.25) is 0 Å². The highest BCUT2D eigenvalue weighted by Crippen LogP contribution is 2.29. The maximum atomic E-state index is 12.5. The van der Waals surface area contributed by atoms with E-state index in [-0.39, 0.29) is 5.91 Å². The Bertz CT molecular complexity index is 741. The molecule has 1 aliphatic heterocycles. The zero-order valence-electron chi connectivity index (χ0n) is 15.5. The molecule has 1 amide bonds. The molecule has 7 heteroatoms. The highest BCUT2D eigenvalue weighted by Gasteiger charge is 2.24. The second-order valence-electron chi connectivity index (χ2n) is 7.10. The van der Waals surface area contributed by atoms with Crippen LogP contribution in [0.1, 0.15) is 25.7 Å². The molecule has 2 aromatic rings. The molecule has 0 N–H and O–H groups in total. The van der Waals surface area contributed by atoms with Crippen molar-refractivity contribution in [2.75, 3.05) is 36.8 Å². The van der Waals surface area contributed by atoms with Crippen molar-refractivity contribution < 1.29 is 4.79 Å². The van der Waals surface area contributed by atoms with Gasteiger partial charge in [0.05, 0.1) is 11.4 Å². The van der Waals surface area contributed by atoms with E-state index in [1.54, 1.807) is 12.4 Å². The van der Waals surface area contributed by atoms with Crippen molar-refractivity contribution in [2.45, 2.75) is 30.9 Å². The second kappa shape index (κ2) is 8.69. The molecular formula is C20H25N5OS. The lowest BCUT2D eigenvalue weighted by Gasteiger charge is -2.35. The van der Waals surface area contributed by atoms with Crippen molar-refractivity contribution >= 4 is 23.5 Å². The van der Waals surface area contributed by atoms with Crippen LogP contribution in [0, 0.1) is 0 Å². The van der Waals surface area contributed by atoms with Gasteiger partial charge in [0, 0.05) is 49.4 Å². The third kappa shape index (κ3) is 4.58. The summed E-state index contributed by atoms with van der Waals surface area (Å²) in [5.74, 6) is 1.79. The lowest BCUT2D eigenvalue weighted by Crippen LogP contribution is -2.49. The van der Waals surface area contributed by atoms with Crippen LogP contribution in [0.25, 0.3) is 11.3 Å². The van der Waals surface area contributed by atoms with E-state index in [9.17, 15) is 4.79 Å². The van der Waals surface area contributed by atoms with E-state index in [2.05, 4.69) is 20.1 Å². The van der Waals surface area contributed by atoms with Crippen LogP contribution in [-0.2, 0) is 4.79 Å². The SMILES string of the molecule is O=C(CSC1CCCC1)N1CCN(c2ccc(-c3ccncc3)nn2)CC1. The number of piperazine rings is 1. The number of rotatable bonds is 5. The Balaban J connectivity index is 1.28. The molecule has 2 aliphatic rings. The van der Waals surface area contributed by atoms with E-state index in [1.165, 1.54) is 25.7 Å². The van der Waals surface area contributed by atoms with Gasteiger partial charge in [0.15, 0.2) is 5.82 Å². The van der Waals surface area contributed by atoms with Crippen molar-refractivity contribution in [3.8, 4) is 11.3 Å². The molecule has 0 aromatic carbocycles. The fourth-order valence-corrected chi connectivity index (χ4v) is 4.92. The molecule has 0 radical (unpaired) electrons. The van der Waals surface area contributed by atoms with Gasteiger partial charge < -0.3 is 9.80 Å². The van der Waals surface area contributed by atoms with Crippen LogP contribution in [0.5, 0.6) is 0 Å². The van der Waals surface area contributed by atoms with Crippen molar-refractivity contribution in [3.63, 3.8) is 0 Å². The summed E-state index contributed by atoms with van der Waals surface area (Å²) in [7, 11) is 0. The largest absolute Gasteiger partial charge is 0.352 e. The van der Waals surface area contributed by atoms with Gasteiger partial charge in [0.1, 0.15) is 0 Å². The van der Waals surface area contributed by atoms with Crippen LogP contribution in [0.15, 0.2) is 36.7 Å². The number of thioether (sulfide) groups is 1. The summed E-state index contributed by atoms with van der Waals surface area (Å²) >= 11 is 1.85. The molecule has 2 aromatic heterocycles. The normalized spacial score (nSPS) is 18.1. The molecule has 0 bridgehead atoms. The molecule has 1 aliphatic carbocycles. The van der Waals surface area contributed by atoms with E-state index in [0.29, 0.717) is 11.0 Å². The average molecular weight is 384 g/mol. The van der Waals surface area contributed by atoms with E-state index in [4.69, 9.17) is 0 Å². The van der Waals surface area contributed by atoms with Gasteiger partial charge in [-0.15, -0.1) is 22.0 Å². The van der Waals surface area contributed by atoms with Gasteiger partial charge in [-0.3, -0.25) is 9.78 Å². The summed E-state index contributed by atoms with van der Waals surface area (Å²) in [6.45, 7) is 3.14. The summed E-state index contributed by atoms with van der Waals surface area (Å²) in [6, 6.07) is 7.86. The quantitative estimate of drug-likeness (QED) is 0.791. The zero-order valence-corrected chi connectivity index (χ0v) is 16.3. The first-order chi connectivity index (χ1) is 13.3. The van der Waals surface area contributed by atoms with Crippen molar-refractivity contribution in [3.05, 3.63) is 36.7 Å². The minimum atomic E-state index is 0.283. The first kappa shape index (κ1) is 18.2. The Labute approximate surface area is 164 Å². The highest BCUT2D eigenvalue weighted by molar-refractivity contribution is 8.00.